The minimum Gasteiger partial charge on any atom is -0.508 e. The first-order chi connectivity index (χ1) is 13.0. The third-order valence-electron chi connectivity index (χ3n) is 3.98. The Bertz CT molecular complexity index is 752. The van der Waals surface area contributed by atoms with Gasteiger partial charge in [-0.15, -0.1) is 4.73 Å². The second kappa shape index (κ2) is 10.1. The highest BCUT2D eigenvalue weighted by atomic mass is 16.7. The lowest BCUT2D eigenvalue weighted by Crippen LogP contribution is -2.24. The Kier molecular flexibility index (Phi) is 7.54. The molecule has 8 nitrogen and oxygen atoms in total. The molecule has 1 aromatic carbocycles. The van der Waals surface area contributed by atoms with Gasteiger partial charge in [-0.3, -0.25) is 4.79 Å². The second-order valence-electron chi connectivity index (χ2n) is 6.10. The predicted molar refractivity (Wildman–Crippen MR) is 97.3 cm³/mol. The molecule has 2 aromatic rings. The Labute approximate surface area is 157 Å². The van der Waals surface area contributed by atoms with Crippen LogP contribution >= 0.6 is 0 Å². The zero-order chi connectivity index (χ0) is 19.6. The zero-order valence-electron chi connectivity index (χ0n) is 14.9. The number of unbranched alkanes of at least 4 members (excludes halogenated alkanes) is 2. The molecule has 0 aliphatic heterocycles. The van der Waals surface area contributed by atoms with Crippen molar-refractivity contribution in [1.82, 2.24) is 10.0 Å². The minimum atomic E-state index is -0.566. The average molecular weight is 376 g/mol. The van der Waals surface area contributed by atoms with E-state index in [1.165, 1.54) is 12.1 Å². The lowest BCUT2D eigenvalue weighted by molar-refractivity contribution is -0.145. The van der Waals surface area contributed by atoms with Crippen LogP contribution in [0.2, 0.25) is 0 Å². The molecule has 0 unspecified atom stereocenters. The van der Waals surface area contributed by atoms with Gasteiger partial charge in [-0.05, 0) is 30.9 Å². The van der Waals surface area contributed by atoms with E-state index in [2.05, 4.69) is 5.32 Å². The van der Waals surface area contributed by atoms with Crippen molar-refractivity contribution in [2.45, 2.75) is 38.5 Å². The monoisotopic (exact) mass is 376 g/mol. The molecular formula is C19H24N2O6. The average Bonchev–Trinajstić information content (AvgIpc) is 2.96. The van der Waals surface area contributed by atoms with Crippen molar-refractivity contribution in [3.63, 3.8) is 0 Å². The molecule has 1 amide bonds. The summed E-state index contributed by atoms with van der Waals surface area (Å²) in [6.07, 6.45) is 2.92. The number of aromatic nitrogens is 1. The molecule has 1 aromatic heterocycles. The summed E-state index contributed by atoms with van der Waals surface area (Å²) >= 11 is 0. The maximum absolute atomic E-state index is 11.8. The number of carbonyl (C=O) groups excluding carboxylic acids is 2. The molecule has 0 spiro atoms. The fourth-order valence-corrected chi connectivity index (χ4v) is 2.50. The van der Waals surface area contributed by atoms with Crippen molar-refractivity contribution in [2.75, 3.05) is 6.54 Å². The van der Waals surface area contributed by atoms with E-state index >= 15 is 0 Å². The summed E-state index contributed by atoms with van der Waals surface area (Å²) in [7, 11) is 0. The largest absolute Gasteiger partial charge is 0.508 e. The van der Waals surface area contributed by atoms with Gasteiger partial charge in [-0.25, -0.2) is 4.79 Å². The molecule has 2 rings (SSSR count). The van der Waals surface area contributed by atoms with Crippen molar-refractivity contribution < 1.29 is 29.7 Å². The topological polar surface area (TPSA) is 121 Å². The predicted octanol–water partition coefficient (Wildman–Crippen LogP) is 1.87. The van der Waals surface area contributed by atoms with E-state index in [1.807, 2.05) is 6.07 Å². The summed E-state index contributed by atoms with van der Waals surface area (Å²) < 4.78 is 0.660. The summed E-state index contributed by atoms with van der Waals surface area (Å²) in [4.78, 5) is 28.3. The van der Waals surface area contributed by atoms with Crippen molar-refractivity contribution in [3.8, 4) is 17.5 Å². The smallest absolute Gasteiger partial charge is 0.333 e. The molecule has 8 heteroatoms. The van der Waals surface area contributed by atoms with Crippen LogP contribution in [0.1, 0.15) is 37.7 Å². The highest BCUT2D eigenvalue weighted by Gasteiger charge is 2.11. The van der Waals surface area contributed by atoms with Gasteiger partial charge in [0.2, 0.25) is 17.7 Å². The van der Waals surface area contributed by atoms with E-state index in [0.717, 1.165) is 18.4 Å². The van der Waals surface area contributed by atoms with Gasteiger partial charge in [-0.2, -0.15) is 0 Å². The van der Waals surface area contributed by atoms with Crippen molar-refractivity contribution in [3.05, 3.63) is 42.0 Å². The lowest BCUT2D eigenvalue weighted by atomic mass is 10.1. The highest BCUT2D eigenvalue weighted by molar-refractivity contribution is 5.76. The first-order valence-corrected chi connectivity index (χ1v) is 8.82. The molecule has 27 heavy (non-hydrogen) atoms. The Balaban J connectivity index is 1.53. The summed E-state index contributed by atoms with van der Waals surface area (Å²) in [5.74, 6) is -1.17. The maximum atomic E-state index is 11.8. The van der Waals surface area contributed by atoms with Crippen LogP contribution in [0.15, 0.2) is 36.4 Å². The number of phenolic OH excluding ortho intramolecular Hbond substituents is 1. The quantitative estimate of drug-likeness (QED) is 0.470. The third-order valence-corrected chi connectivity index (χ3v) is 3.98. The number of nitrogens with one attached hydrogen (secondary N) is 1. The van der Waals surface area contributed by atoms with Crippen molar-refractivity contribution in [1.29, 1.82) is 0 Å². The molecule has 0 fully saturated rings. The van der Waals surface area contributed by atoms with Crippen molar-refractivity contribution >= 4 is 11.9 Å². The standard InChI is InChI=1S/C19H24N2O6/c22-15-7-4-3-6-14(15)9-10-16(23)20-13-5-1-2-8-19(26)27-21-17(24)11-12-18(21)25/h3-4,6-7,11-12,22,24-25H,1-2,5,8-10,13H2,(H,20,23). The number of benzene rings is 1. The number of aromatic hydroxyl groups is 3. The first-order valence-electron chi connectivity index (χ1n) is 8.82. The Morgan fingerprint density at radius 2 is 1.63 bits per heavy atom. The number of rotatable bonds is 10. The Hall–Kier alpha value is -3.16. The van der Waals surface area contributed by atoms with Gasteiger partial charge in [-0.1, -0.05) is 24.6 Å². The second-order valence-corrected chi connectivity index (χ2v) is 6.10. The van der Waals surface area contributed by atoms with E-state index in [-0.39, 0.29) is 29.8 Å². The van der Waals surface area contributed by atoms with Gasteiger partial charge in [0, 0.05) is 31.5 Å². The molecule has 146 valence electrons. The first kappa shape index (κ1) is 20.2. The van der Waals surface area contributed by atoms with Crippen LogP contribution in [0.4, 0.5) is 0 Å². The van der Waals surface area contributed by atoms with Crippen molar-refractivity contribution in [2.24, 2.45) is 0 Å². The zero-order valence-corrected chi connectivity index (χ0v) is 14.9. The Morgan fingerprint density at radius 3 is 2.33 bits per heavy atom. The van der Waals surface area contributed by atoms with Crippen LogP contribution in [-0.4, -0.2) is 38.5 Å². The van der Waals surface area contributed by atoms with E-state index in [4.69, 9.17) is 4.84 Å². The molecule has 0 radical (unpaired) electrons. The van der Waals surface area contributed by atoms with Crippen LogP contribution in [0.25, 0.3) is 0 Å². The number of nitrogens with zero attached hydrogens (tertiary/aromatic N) is 1. The van der Waals surface area contributed by atoms with Gasteiger partial charge in [0.25, 0.3) is 0 Å². The maximum Gasteiger partial charge on any atom is 0.333 e. The van der Waals surface area contributed by atoms with Crippen LogP contribution in [0.5, 0.6) is 17.5 Å². The van der Waals surface area contributed by atoms with Gasteiger partial charge < -0.3 is 25.5 Å². The van der Waals surface area contributed by atoms with Gasteiger partial charge in [0.1, 0.15) is 5.75 Å². The van der Waals surface area contributed by atoms with Crippen LogP contribution in [-0.2, 0) is 16.0 Å². The number of hydrogen-bond acceptors (Lipinski definition) is 6. The Morgan fingerprint density at radius 1 is 0.926 bits per heavy atom. The highest BCUT2D eigenvalue weighted by Crippen LogP contribution is 2.19. The fraction of sp³-hybridized carbons (Fsp3) is 0.368. The molecule has 0 atom stereocenters. The van der Waals surface area contributed by atoms with E-state index in [0.29, 0.717) is 30.5 Å². The summed E-state index contributed by atoms with van der Waals surface area (Å²) in [5.41, 5.74) is 0.742. The number of carbonyl (C=O) groups is 2. The molecule has 0 aliphatic rings. The van der Waals surface area contributed by atoms with Crippen LogP contribution < -0.4 is 10.2 Å². The van der Waals surface area contributed by atoms with Gasteiger partial charge >= 0.3 is 5.97 Å². The molecule has 0 bridgehead atoms. The summed E-state index contributed by atoms with van der Waals surface area (Å²) in [6.45, 7) is 0.508. The molecule has 0 saturated heterocycles. The van der Waals surface area contributed by atoms with Gasteiger partial charge in [0.15, 0.2) is 0 Å². The lowest BCUT2D eigenvalue weighted by Gasteiger charge is -2.07. The SMILES string of the molecule is O=C(CCc1ccccc1O)NCCCCCC(=O)On1c(O)ccc1O. The van der Waals surface area contributed by atoms with Gasteiger partial charge in [0.05, 0.1) is 0 Å². The molecule has 0 aliphatic carbocycles. The molecule has 4 N–H and O–H groups in total. The fourth-order valence-electron chi connectivity index (χ4n) is 2.50. The molecular weight excluding hydrogens is 352 g/mol. The van der Waals surface area contributed by atoms with E-state index in [9.17, 15) is 24.9 Å². The molecule has 1 heterocycles. The van der Waals surface area contributed by atoms with E-state index in [1.54, 1.807) is 18.2 Å². The third kappa shape index (κ3) is 6.58. The summed E-state index contributed by atoms with van der Waals surface area (Å²) in [6, 6.07) is 9.36. The number of aryl methyl sites for hydroxylation is 1. The number of hydrogen-bond donors (Lipinski definition) is 4. The normalized spacial score (nSPS) is 10.5. The minimum absolute atomic E-state index is 0.0868. The number of para-hydroxylation sites is 1. The van der Waals surface area contributed by atoms with Crippen LogP contribution in [0, 0.1) is 0 Å². The number of amides is 1. The molecule has 0 saturated carbocycles. The van der Waals surface area contributed by atoms with Crippen LogP contribution in [0.3, 0.4) is 0 Å². The van der Waals surface area contributed by atoms with E-state index < -0.39 is 5.97 Å². The summed E-state index contributed by atoms with van der Waals surface area (Å²) in [5, 5.41) is 31.2. The number of phenols is 1.